The molecule has 1 unspecified atom stereocenters. The van der Waals surface area contributed by atoms with Gasteiger partial charge in [0, 0.05) is 81.3 Å². The van der Waals surface area contributed by atoms with Crippen LogP contribution in [0.4, 0.5) is 20.2 Å². The molecular weight excluding hydrogens is 737 g/mol. The second-order valence-corrected chi connectivity index (χ2v) is 16.5. The van der Waals surface area contributed by atoms with Crippen molar-refractivity contribution in [2.24, 2.45) is 5.92 Å². The zero-order valence-electron chi connectivity index (χ0n) is 32.6. The van der Waals surface area contributed by atoms with E-state index in [2.05, 4.69) is 50.3 Å². The quantitative estimate of drug-likeness (QED) is 0.180. The highest BCUT2D eigenvalue weighted by atomic mass is 19.3. The van der Waals surface area contributed by atoms with Crippen LogP contribution in [-0.4, -0.2) is 84.5 Å². The van der Waals surface area contributed by atoms with Crippen molar-refractivity contribution in [3.63, 3.8) is 0 Å². The van der Waals surface area contributed by atoms with Crippen molar-refractivity contribution in [1.82, 2.24) is 15.1 Å². The Morgan fingerprint density at radius 2 is 1.38 bits per heavy atom. The number of imide groups is 1. The van der Waals surface area contributed by atoms with Crippen molar-refractivity contribution < 1.29 is 28.3 Å². The second kappa shape index (κ2) is 16.0. The molecule has 1 atom stereocenters. The average molecular weight is 786 g/mol. The van der Waals surface area contributed by atoms with Gasteiger partial charge in [-0.05, 0) is 126 Å². The van der Waals surface area contributed by atoms with E-state index >= 15 is 0 Å². The summed E-state index contributed by atoms with van der Waals surface area (Å²) in [6, 6.07) is 26.5. The summed E-state index contributed by atoms with van der Waals surface area (Å²) >= 11 is 0. The number of anilines is 2. The number of hydrogen-bond donors (Lipinski definition) is 2. The molecule has 5 aliphatic rings. The second-order valence-electron chi connectivity index (χ2n) is 16.5. The van der Waals surface area contributed by atoms with E-state index in [1.807, 2.05) is 36.4 Å². The summed E-state index contributed by atoms with van der Waals surface area (Å²) < 4.78 is 26.8. The number of piperazine rings is 1. The summed E-state index contributed by atoms with van der Waals surface area (Å²) in [7, 11) is 0. The number of aromatic hydroxyl groups is 1. The van der Waals surface area contributed by atoms with Crippen LogP contribution in [0.2, 0.25) is 0 Å². The first kappa shape index (κ1) is 38.0. The van der Waals surface area contributed by atoms with Crippen LogP contribution < -0.4 is 15.1 Å². The molecule has 58 heavy (non-hydrogen) atoms. The van der Waals surface area contributed by atoms with Gasteiger partial charge in [0.1, 0.15) is 11.8 Å². The molecule has 11 heteroatoms. The molecule has 2 N–H and O–H groups in total. The van der Waals surface area contributed by atoms with E-state index in [-0.39, 0.29) is 35.5 Å². The zero-order valence-corrected chi connectivity index (χ0v) is 32.6. The van der Waals surface area contributed by atoms with Gasteiger partial charge < -0.3 is 19.8 Å². The van der Waals surface area contributed by atoms with Crippen LogP contribution >= 0.6 is 0 Å². The van der Waals surface area contributed by atoms with Gasteiger partial charge in [0.05, 0.1) is 0 Å². The molecule has 0 aromatic heterocycles. The summed E-state index contributed by atoms with van der Waals surface area (Å²) in [5, 5.41) is 12.7. The number of fused-ring (bicyclic) bond motifs is 2. The van der Waals surface area contributed by atoms with Crippen molar-refractivity contribution in [2.75, 3.05) is 55.6 Å². The van der Waals surface area contributed by atoms with Crippen molar-refractivity contribution in [2.45, 2.75) is 64.0 Å². The molecule has 1 aliphatic carbocycles. The molecule has 0 bridgehead atoms. The number of halogens is 2. The fourth-order valence-electron chi connectivity index (χ4n) is 9.75. The van der Waals surface area contributed by atoms with Gasteiger partial charge in [-0.1, -0.05) is 42.5 Å². The average Bonchev–Trinajstić information content (AvgIpc) is 3.44. The van der Waals surface area contributed by atoms with Crippen molar-refractivity contribution in [3.05, 3.63) is 124 Å². The number of alkyl halides is 2. The van der Waals surface area contributed by atoms with Crippen LogP contribution in [0, 0.1) is 5.92 Å². The lowest BCUT2D eigenvalue weighted by Crippen LogP contribution is -2.52. The van der Waals surface area contributed by atoms with E-state index in [1.54, 1.807) is 11.0 Å². The number of phenolic OH excluding ortho intramolecular Hbond substituents is 1. The minimum atomic E-state index is -2.50. The third-order valence-corrected chi connectivity index (χ3v) is 12.9. The Morgan fingerprint density at radius 3 is 2.10 bits per heavy atom. The Morgan fingerprint density at radius 1 is 0.690 bits per heavy atom. The van der Waals surface area contributed by atoms with Crippen LogP contribution in [0.5, 0.6) is 5.75 Å². The number of carbonyl (C=O) groups is 3. The van der Waals surface area contributed by atoms with Gasteiger partial charge in [-0.3, -0.25) is 24.6 Å². The fraction of sp³-hybridized carbons (Fsp3) is 0.383. The van der Waals surface area contributed by atoms with Gasteiger partial charge in [0.25, 0.3) is 12.3 Å². The van der Waals surface area contributed by atoms with E-state index in [0.717, 1.165) is 123 Å². The molecule has 3 saturated heterocycles. The minimum Gasteiger partial charge on any atom is -0.508 e. The summed E-state index contributed by atoms with van der Waals surface area (Å²) in [5.74, 6) is 0.0777. The number of allylic oxidation sites excluding steroid dienone is 1. The number of carbonyl (C=O) groups excluding carboxylic acids is 3. The molecule has 0 saturated carbocycles. The lowest BCUT2D eigenvalue weighted by Gasteiger charge is -2.40. The lowest BCUT2D eigenvalue weighted by atomic mass is 9.87. The summed E-state index contributed by atoms with van der Waals surface area (Å²) in [6.45, 7) is 7.27. The molecule has 9 rings (SSSR count). The Hall–Kier alpha value is -5.55. The minimum absolute atomic E-state index is 0.0237. The fourth-order valence-corrected chi connectivity index (χ4v) is 9.75. The monoisotopic (exact) mass is 785 g/mol. The van der Waals surface area contributed by atoms with Gasteiger partial charge >= 0.3 is 0 Å². The smallest absolute Gasteiger partial charge is 0.263 e. The molecule has 0 radical (unpaired) electrons. The topological polar surface area (TPSA) is 96.4 Å². The van der Waals surface area contributed by atoms with E-state index in [0.29, 0.717) is 24.4 Å². The standard InChI is InChI=1S/C47H49F2N5O4/c48-45(49)33-6-4-31(5-7-33)39-3-1-2-34-27-38(55)13-15-40(34)44(39)32-8-10-36(11-9-32)52-20-18-30(19-21-52)28-51-22-24-53(25-23-51)37-12-14-41-35(26-37)29-54(47(41)58)42-16-17-43(56)50-46(42)57/h4-15,26-27,30,42,45,55H,1-3,16-25,28-29H2,(H,50,56,57). The number of phenols is 1. The molecule has 4 heterocycles. The number of benzene rings is 4. The Kier molecular flexibility index (Phi) is 10.5. The van der Waals surface area contributed by atoms with E-state index < -0.39 is 12.5 Å². The lowest BCUT2D eigenvalue weighted by molar-refractivity contribution is -0.136. The van der Waals surface area contributed by atoms with Crippen LogP contribution in [0.1, 0.15) is 88.7 Å². The highest BCUT2D eigenvalue weighted by Gasteiger charge is 2.39. The molecule has 3 amide bonds. The number of amides is 3. The molecule has 4 aromatic rings. The van der Waals surface area contributed by atoms with Crippen LogP contribution in [-0.2, 0) is 22.6 Å². The highest BCUT2D eigenvalue weighted by molar-refractivity contribution is 6.05. The molecule has 0 spiro atoms. The maximum Gasteiger partial charge on any atom is 0.263 e. The first-order valence-electron chi connectivity index (χ1n) is 20.7. The first-order chi connectivity index (χ1) is 28.2. The molecule has 300 valence electrons. The third-order valence-electron chi connectivity index (χ3n) is 12.9. The largest absolute Gasteiger partial charge is 0.508 e. The number of hydrogen-bond acceptors (Lipinski definition) is 7. The predicted molar refractivity (Wildman–Crippen MR) is 221 cm³/mol. The van der Waals surface area contributed by atoms with Crippen molar-refractivity contribution in [1.29, 1.82) is 0 Å². The summed E-state index contributed by atoms with van der Waals surface area (Å²) in [6.07, 6.45) is 2.92. The number of nitrogens with one attached hydrogen (secondary N) is 1. The normalized spacial score (nSPS) is 20.7. The zero-order chi connectivity index (χ0) is 39.9. The summed E-state index contributed by atoms with van der Waals surface area (Å²) in [5.41, 5.74) is 10.4. The molecule has 4 aliphatic heterocycles. The molecular formula is C47H49F2N5O4. The molecule has 3 fully saturated rings. The molecule has 4 aromatic carbocycles. The van der Waals surface area contributed by atoms with Gasteiger partial charge in [-0.15, -0.1) is 0 Å². The number of piperidine rings is 2. The number of aryl methyl sites for hydroxylation is 1. The van der Waals surface area contributed by atoms with E-state index in [9.17, 15) is 28.3 Å². The Labute approximate surface area is 337 Å². The van der Waals surface area contributed by atoms with E-state index in [4.69, 9.17) is 0 Å². The van der Waals surface area contributed by atoms with Gasteiger partial charge in [0.15, 0.2) is 0 Å². The van der Waals surface area contributed by atoms with Gasteiger partial charge in [-0.25, -0.2) is 8.78 Å². The molecule has 9 nitrogen and oxygen atoms in total. The Balaban J connectivity index is 0.808. The maximum absolute atomic E-state index is 13.4. The van der Waals surface area contributed by atoms with Gasteiger partial charge in [-0.2, -0.15) is 0 Å². The van der Waals surface area contributed by atoms with E-state index in [1.165, 1.54) is 17.8 Å². The predicted octanol–water partition coefficient (Wildman–Crippen LogP) is 7.42. The SMILES string of the molecule is O=C1CCC(N2Cc3cc(N4CCN(CC5CCN(c6ccc(C7=C(c8ccc(C(F)F)cc8)CCCc8cc(O)ccc87)cc6)CC5)CC4)ccc3C2=O)C(=O)N1. The van der Waals surface area contributed by atoms with Crippen molar-refractivity contribution >= 4 is 40.2 Å². The Bertz CT molecular complexity index is 2240. The van der Waals surface area contributed by atoms with Crippen LogP contribution in [0.3, 0.4) is 0 Å². The maximum atomic E-state index is 13.4. The van der Waals surface area contributed by atoms with Crippen molar-refractivity contribution in [3.8, 4) is 5.75 Å². The van der Waals surface area contributed by atoms with Crippen LogP contribution in [0.25, 0.3) is 11.1 Å². The van der Waals surface area contributed by atoms with Crippen LogP contribution in [0.15, 0.2) is 84.9 Å². The highest BCUT2D eigenvalue weighted by Crippen LogP contribution is 2.42. The first-order valence-corrected chi connectivity index (χ1v) is 20.7. The number of rotatable bonds is 8. The number of nitrogens with zero attached hydrogens (tertiary/aromatic N) is 4. The van der Waals surface area contributed by atoms with Gasteiger partial charge in [0.2, 0.25) is 11.8 Å². The summed E-state index contributed by atoms with van der Waals surface area (Å²) in [4.78, 5) is 46.3. The third kappa shape index (κ3) is 7.59.